The quantitative estimate of drug-likeness (QED) is 0.737. The summed E-state index contributed by atoms with van der Waals surface area (Å²) in [4.78, 5) is 27.8. The molecule has 3 aliphatic carbocycles. The zero-order valence-corrected chi connectivity index (χ0v) is 14.9. The highest BCUT2D eigenvalue weighted by Gasteiger charge is 2.52. The van der Waals surface area contributed by atoms with Gasteiger partial charge in [-0.05, 0) is 55.8 Å². The molecular formula is C20H31NO2. The van der Waals surface area contributed by atoms with Crippen molar-refractivity contribution in [2.75, 3.05) is 6.54 Å². The fourth-order valence-electron chi connectivity index (χ4n) is 6.63. The van der Waals surface area contributed by atoms with E-state index in [1.54, 1.807) is 0 Å². The molecule has 1 aliphatic heterocycles. The van der Waals surface area contributed by atoms with Gasteiger partial charge in [0, 0.05) is 30.3 Å². The summed E-state index contributed by atoms with van der Waals surface area (Å²) in [5, 5.41) is 0. The summed E-state index contributed by atoms with van der Waals surface area (Å²) in [6.45, 7) is 8.02. The molecule has 4 atom stereocenters. The third kappa shape index (κ3) is 2.64. The van der Waals surface area contributed by atoms with Gasteiger partial charge in [0.05, 0.1) is 0 Å². The number of nitrogens with zero attached hydrogens (tertiary/aromatic N) is 1. The molecule has 3 nitrogen and oxygen atoms in total. The maximum absolute atomic E-state index is 13.2. The lowest BCUT2D eigenvalue weighted by atomic mass is 9.65. The van der Waals surface area contributed by atoms with Crippen molar-refractivity contribution in [2.24, 2.45) is 28.6 Å². The largest absolute Gasteiger partial charge is 0.339 e. The van der Waals surface area contributed by atoms with E-state index in [0.29, 0.717) is 28.6 Å². The van der Waals surface area contributed by atoms with Gasteiger partial charge in [-0.15, -0.1) is 0 Å². The van der Waals surface area contributed by atoms with Crippen LogP contribution >= 0.6 is 0 Å². The number of carbonyl (C=O) groups is 2. The van der Waals surface area contributed by atoms with Crippen molar-refractivity contribution in [3.63, 3.8) is 0 Å². The standard InChI is InChI=1S/C20H31NO2/c1-19(2)9-16-10-20(3,11-19)12-21(16)18(23)15-7-13-5-4-6-14(8-15)17(13)22/h13-16H,4-12H2,1-3H3. The van der Waals surface area contributed by atoms with Crippen molar-refractivity contribution >= 4 is 11.7 Å². The van der Waals surface area contributed by atoms with Gasteiger partial charge in [0.25, 0.3) is 0 Å². The lowest BCUT2D eigenvalue weighted by Gasteiger charge is -2.40. The van der Waals surface area contributed by atoms with Crippen molar-refractivity contribution in [1.82, 2.24) is 4.90 Å². The fourth-order valence-corrected chi connectivity index (χ4v) is 6.63. The average Bonchev–Trinajstić information content (AvgIpc) is 2.67. The molecule has 4 aliphatic rings. The minimum absolute atomic E-state index is 0.120. The topological polar surface area (TPSA) is 37.4 Å². The Bertz CT molecular complexity index is 524. The smallest absolute Gasteiger partial charge is 0.225 e. The number of fused-ring (bicyclic) bond motifs is 4. The second-order valence-corrected chi connectivity index (χ2v) is 10.1. The highest BCUT2D eigenvalue weighted by atomic mass is 16.2. The Morgan fingerprint density at radius 3 is 2.39 bits per heavy atom. The molecular weight excluding hydrogens is 286 g/mol. The Morgan fingerprint density at radius 2 is 1.74 bits per heavy atom. The van der Waals surface area contributed by atoms with Crippen LogP contribution in [0.3, 0.4) is 0 Å². The van der Waals surface area contributed by atoms with Crippen LogP contribution in [0, 0.1) is 28.6 Å². The summed E-state index contributed by atoms with van der Waals surface area (Å²) < 4.78 is 0. The van der Waals surface area contributed by atoms with E-state index in [-0.39, 0.29) is 17.8 Å². The number of rotatable bonds is 1. The van der Waals surface area contributed by atoms with Gasteiger partial charge < -0.3 is 4.90 Å². The van der Waals surface area contributed by atoms with Crippen molar-refractivity contribution in [2.45, 2.75) is 78.2 Å². The normalized spacial score (nSPS) is 45.2. The van der Waals surface area contributed by atoms with E-state index in [0.717, 1.165) is 38.6 Å². The molecule has 3 heteroatoms. The van der Waals surface area contributed by atoms with E-state index in [4.69, 9.17) is 0 Å². The Labute approximate surface area is 140 Å². The van der Waals surface area contributed by atoms with Gasteiger partial charge in [-0.25, -0.2) is 0 Å². The molecule has 1 heterocycles. The van der Waals surface area contributed by atoms with Crippen LogP contribution in [0.4, 0.5) is 0 Å². The van der Waals surface area contributed by atoms with E-state index >= 15 is 0 Å². The third-order valence-corrected chi connectivity index (χ3v) is 7.10. The first kappa shape index (κ1) is 15.7. The van der Waals surface area contributed by atoms with Crippen LogP contribution < -0.4 is 0 Å². The number of hydrogen-bond donors (Lipinski definition) is 0. The van der Waals surface area contributed by atoms with Gasteiger partial charge in [-0.3, -0.25) is 9.59 Å². The van der Waals surface area contributed by atoms with Crippen molar-refractivity contribution in [1.29, 1.82) is 0 Å². The molecule has 0 radical (unpaired) electrons. The predicted molar refractivity (Wildman–Crippen MR) is 89.8 cm³/mol. The third-order valence-electron chi connectivity index (χ3n) is 7.10. The van der Waals surface area contributed by atoms with E-state index in [2.05, 4.69) is 25.7 Å². The Balaban J connectivity index is 1.51. The summed E-state index contributed by atoms with van der Waals surface area (Å²) >= 11 is 0. The Morgan fingerprint density at radius 1 is 1.09 bits per heavy atom. The molecule has 128 valence electrons. The van der Waals surface area contributed by atoms with E-state index in [1.807, 2.05) is 0 Å². The van der Waals surface area contributed by atoms with Crippen LogP contribution in [0.15, 0.2) is 0 Å². The summed E-state index contributed by atoms with van der Waals surface area (Å²) in [5.41, 5.74) is 0.661. The first-order valence-corrected chi connectivity index (χ1v) is 9.61. The van der Waals surface area contributed by atoms with E-state index in [9.17, 15) is 9.59 Å². The van der Waals surface area contributed by atoms with Gasteiger partial charge in [-0.1, -0.05) is 27.2 Å². The van der Waals surface area contributed by atoms with Crippen molar-refractivity contribution in [3.05, 3.63) is 0 Å². The second-order valence-electron chi connectivity index (χ2n) is 10.1. The highest BCUT2D eigenvalue weighted by molar-refractivity contribution is 5.88. The first-order chi connectivity index (χ1) is 10.8. The van der Waals surface area contributed by atoms with Crippen LogP contribution in [0.5, 0.6) is 0 Å². The van der Waals surface area contributed by atoms with Gasteiger partial charge >= 0.3 is 0 Å². The van der Waals surface area contributed by atoms with Crippen molar-refractivity contribution in [3.8, 4) is 0 Å². The lowest BCUT2D eigenvalue weighted by Crippen LogP contribution is -2.46. The van der Waals surface area contributed by atoms with E-state index in [1.165, 1.54) is 19.3 Å². The highest BCUT2D eigenvalue weighted by Crippen LogP contribution is 2.53. The van der Waals surface area contributed by atoms with Gasteiger partial charge in [0.2, 0.25) is 5.91 Å². The van der Waals surface area contributed by atoms with Gasteiger partial charge in [0.15, 0.2) is 0 Å². The molecule has 1 amide bonds. The SMILES string of the molecule is CC1(C)CC2CC(C)(CN2C(=O)C2CC3CCCC(C2)C3=O)C1. The number of amides is 1. The summed E-state index contributed by atoms with van der Waals surface area (Å²) in [6, 6.07) is 0.439. The van der Waals surface area contributed by atoms with E-state index < -0.39 is 0 Å². The van der Waals surface area contributed by atoms with Crippen LogP contribution in [0.2, 0.25) is 0 Å². The number of carbonyl (C=O) groups excluding carboxylic acids is 2. The minimum atomic E-state index is 0.120. The maximum Gasteiger partial charge on any atom is 0.225 e. The summed E-state index contributed by atoms with van der Waals surface area (Å²) in [7, 11) is 0. The van der Waals surface area contributed by atoms with Crippen LogP contribution in [-0.2, 0) is 9.59 Å². The molecule has 4 bridgehead atoms. The summed E-state index contributed by atoms with van der Waals surface area (Å²) in [5.74, 6) is 1.33. The molecule has 0 aromatic heterocycles. The average molecular weight is 317 g/mol. The zero-order valence-electron chi connectivity index (χ0n) is 14.9. The second kappa shape index (κ2) is 5.07. The molecule has 4 rings (SSSR count). The van der Waals surface area contributed by atoms with Crippen LogP contribution in [-0.4, -0.2) is 29.2 Å². The van der Waals surface area contributed by atoms with Crippen molar-refractivity contribution < 1.29 is 9.59 Å². The maximum atomic E-state index is 13.2. The van der Waals surface area contributed by atoms with Crippen LogP contribution in [0.25, 0.3) is 0 Å². The zero-order chi connectivity index (χ0) is 16.4. The molecule has 0 spiro atoms. The summed E-state index contributed by atoms with van der Waals surface area (Å²) in [6.07, 6.45) is 8.44. The minimum Gasteiger partial charge on any atom is -0.339 e. The molecule has 4 unspecified atom stereocenters. The van der Waals surface area contributed by atoms with Gasteiger partial charge in [0.1, 0.15) is 5.78 Å². The molecule has 23 heavy (non-hydrogen) atoms. The molecule has 0 aromatic rings. The fraction of sp³-hybridized carbons (Fsp3) is 0.900. The number of hydrogen-bond acceptors (Lipinski definition) is 2. The molecule has 1 saturated heterocycles. The first-order valence-electron chi connectivity index (χ1n) is 9.61. The Hall–Kier alpha value is -0.860. The number of Topliss-reactive ketones (excluding diaryl/α,β-unsaturated/α-hetero) is 1. The molecule has 0 aromatic carbocycles. The Kier molecular flexibility index (Phi) is 3.45. The molecule has 4 fully saturated rings. The monoisotopic (exact) mass is 317 g/mol. The van der Waals surface area contributed by atoms with Crippen LogP contribution in [0.1, 0.15) is 72.1 Å². The van der Waals surface area contributed by atoms with Gasteiger partial charge in [-0.2, -0.15) is 0 Å². The lowest BCUT2D eigenvalue weighted by molar-refractivity contribution is -0.144. The predicted octanol–water partition coefficient (Wildman–Crippen LogP) is 3.81. The number of ketones is 1. The number of likely N-dealkylation sites (tertiary alicyclic amines) is 1. The molecule has 0 N–H and O–H groups in total. The molecule has 3 saturated carbocycles.